The molecule has 1 heterocycles. The summed E-state index contributed by atoms with van der Waals surface area (Å²) in [5.74, 6) is 0.319. The molecule has 0 aliphatic heterocycles. The van der Waals surface area contributed by atoms with Crippen LogP contribution in [-0.4, -0.2) is 60.4 Å². The van der Waals surface area contributed by atoms with Crippen molar-refractivity contribution in [2.75, 3.05) is 33.1 Å². The lowest BCUT2D eigenvalue weighted by Crippen LogP contribution is -2.39. The highest BCUT2D eigenvalue weighted by Crippen LogP contribution is 2.31. The van der Waals surface area contributed by atoms with E-state index in [-0.39, 0.29) is 17.6 Å². The fourth-order valence-electron chi connectivity index (χ4n) is 3.24. The van der Waals surface area contributed by atoms with E-state index in [2.05, 4.69) is 21.4 Å². The van der Waals surface area contributed by atoms with Crippen LogP contribution >= 0.6 is 0 Å². The van der Waals surface area contributed by atoms with Crippen molar-refractivity contribution in [3.8, 4) is 17.3 Å². The zero-order chi connectivity index (χ0) is 22.4. The summed E-state index contributed by atoms with van der Waals surface area (Å²) in [7, 11) is 4.96. The highest BCUT2D eigenvalue weighted by Gasteiger charge is 2.29. The number of Topliss-reactive ketones (excluding diaryl/α,β-unsaturated/α-hetero) is 1. The number of benzene rings is 1. The van der Waals surface area contributed by atoms with Crippen LogP contribution in [0.2, 0.25) is 0 Å². The number of ketones is 1. The summed E-state index contributed by atoms with van der Waals surface area (Å²) in [5, 5.41) is 12.7. The molecular formula is C23H27N5O3. The number of nitriles is 1. The second-order valence-corrected chi connectivity index (χ2v) is 7.89. The number of ether oxygens (including phenoxy) is 1. The second-order valence-electron chi connectivity index (χ2n) is 7.89. The molecule has 0 saturated heterocycles. The predicted octanol–water partition coefficient (Wildman–Crippen LogP) is 2.44. The number of anilines is 1. The van der Waals surface area contributed by atoms with Gasteiger partial charge < -0.3 is 15.0 Å². The zero-order valence-electron chi connectivity index (χ0n) is 18.1. The van der Waals surface area contributed by atoms with Gasteiger partial charge in [0, 0.05) is 45.5 Å². The second kappa shape index (κ2) is 10.1. The molecule has 0 unspecified atom stereocenters. The number of likely N-dealkylation sites (N-methyl/N-ethyl adjacent to an activating group) is 1. The van der Waals surface area contributed by atoms with Crippen molar-refractivity contribution < 1.29 is 14.3 Å². The van der Waals surface area contributed by atoms with E-state index in [4.69, 9.17) is 4.74 Å². The number of carbonyl (C=O) groups is 2. The molecule has 162 valence electrons. The Balaban J connectivity index is 1.81. The van der Waals surface area contributed by atoms with Gasteiger partial charge in [0.1, 0.15) is 17.9 Å². The molecule has 2 aromatic rings. The molecule has 1 aromatic carbocycles. The van der Waals surface area contributed by atoms with E-state index in [1.54, 1.807) is 51.8 Å². The average molecular weight is 422 g/mol. The molecule has 1 amide bonds. The standard InChI is InChI=1S/C23H27N5O3/c1-28(2)23(30)19(8-9-31-3)27-20-10-16(6-7-17(20)12-24)21-14-25-18(13-26-21)11-22(29)15-4-5-15/h6-7,10,13-15,19,27H,4-5,8-9,11H2,1-3H3/t19-/m0/s1. The third kappa shape index (κ3) is 5.86. The Morgan fingerprint density at radius 1 is 1.29 bits per heavy atom. The number of hydrogen-bond donors (Lipinski definition) is 1. The molecule has 3 rings (SSSR count). The summed E-state index contributed by atoms with van der Waals surface area (Å²) in [4.78, 5) is 34.9. The summed E-state index contributed by atoms with van der Waals surface area (Å²) in [6.45, 7) is 0.408. The highest BCUT2D eigenvalue weighted by atomic mass is 16.5. The molecule has 1 fully saturated rings. The van der Waals surface area contributed by atoms with Crippen LogP contribution in [0.4, 0.5) is 5.69 Å². The van der Waals surface area contributed by atoms with Crippen LogP contribution in [0.5, 0.6) is 0 Å². The molecule has 1 saturated carbocycles. The Hall–Kier alpha value is -3.31. The zero-order valence-corrected chi connectivity index (χ0v) is 18.1. The average Bonchev–Trinajstić information content (AvgIpc) is 3.62. The number of hydrogen-bond acceptors (Lipinski definition) is 7. The summed E-state index contributed by atoms with van der Waals surface area (Å²) >= 11 is 0. The first kappa shape index (κ1) is 22.4. The lowest BCUT2D eigenvalue weighted by molar-refractivity contribution is -0.129. The van der Waals surface area contributed by atoms with E-state index in [1.807, 2.05) is 0 Å². The highest BCUT2D eigenvalue weighted by molar-refractivity contribution is 5.86. The van der Waals surface area contributed by atoms with Gasteiger partial charge in [0.2, 0.25) is 5.91 Å². The van der Waals surface area contributed by atoms with Gasteiger partial charge in [-0.3, -0.25) is 19.6 Å². The number of rotatable bonds is 10. The number of amides is 1. The maximum absolute atomic E-state index is 12.6. The molecule has 31 heavy (non-hydrogen) atoms. The summed E-state index contributed by atoms with van der Waals surface area (Å²) in [5.41, 5.74) is 3.02. The number of aromatic nitrogens is 2. The van der Waals surface area contributed by atoms with Crippen LogP contribution in [0.3, 0.4) is 0 Å². The van der Waals surface area contributed by atoms with Crippen LogP contribution in [0.1, 0.15) is 30.5 Å². The molecular weight excluding hydrogens is 394 g/mol. The minimum absolute atomic E-state index is 0.101. The number of nitrogens with zero attached hydrogens (tertiary/aromatic N) is 4. The Morgan fingerprint density at radius 2 is 2.06 bits per heavy atom. The lowest BCUT2D eigenvalue weighted by Gasteiger charge is -2.23. The van der Waals surface area contributed by atoms with Gasteiger partial charge in [-0.1, -0.05) is 6.07 Å². The smallest absolute Gasteiger partial charge is 0.244 e. The van der Waals surface area contributed by atoms with Crippen LogP contribution < -0.4 is 5.32 Å². The Kier molecular flexibility index (Phi) is 7.32. The van der Waals surface area contributed by atoms with E-state index in [1.165, 1.54) is 4.90 Å². The first-order chi connectivity index (χ1) is 14.9. The predicted molar refractivity (Wildman–Crippen MR) is 116 cm³/mol. The van der Waals surface area contributed by atoms with Gasteiger partial charge in [-0.15, -0.1) is 0 Å². The van der Waals surface area contributed by atoms with Gasteiger partial charge in [-0.2, -0.15) is 5.26 Å². The van der Waals surface area contributed by atoms with Gasteiger partial charge in [0.25, 0.3) is 0 Å². The number of methoxy groups -OCH3 is 1. The van der Waals surface area contributed by atoms with Gasteiger partial charge in [-0.05, 0) is 31.4 Å². The molecule has 8 nitrogen and oxygen atoms in total. The van der Waals surface area contributed by atoms with Crippen molar-refractivity contribution in [3.63, 3.8) is 0 Å². The van der Waals surface area contributed by atoms with E-state index < -0.39 is 6.04 Å². The van der Waals surface area contributed by atoms with Crippen molar-refractivity contribution in [3.05, 3.63) is 41.9 Å². The quantitative estimate of drug-likeness (QED) is 0.628. The minimum Gasteiger partial charge on any atom is -0.385 e. The first-order valence-corrected chi connectivity index (χ1v) is 10.3. The van der Waals surface area contributed by atoms with Gasteiger partial charge >= 0.3 is 0 Å². The monoisotopic (exact) mass is 421 g/mol. The van der Waals surface area contributed by atoms with Gasteiger partial charge in [0.05, 0.1) is 35.3 Å². The molecule has 1 aliphatic rings. The van der Waals surface area contributed by atoms with Crippen molar-refractivity contribution in [1.29, 1.82) is 5.26 Å². The van der Waals surface area contributed by atoms with Gasteiger partial charge in [0.15, 0.2) is 0 Å². The maximum atomic E-state index is 12.6. The topological polar surface area (TPSA) is 108 Å². The molecule has 1 aliphatic carbocycles. The van der Waals surface area contributed by atoms with E-state index in [9.17, 15) is 14.9 Å². The summed E-state index contributed by atoms with van der Waals surface area (Å²) in [6, 6.07) is 6.91. The van der Waals surface area contributed by atoms with Gasteiger partial charge in [-0.25, -0.2) is 0 Å². The Morgan fingerprint density at radius 3 is 2.65 bits per heavy atom. The van der Waals surface area contributed by atoms with E-state index in [0.717, 1.165) is 18.4 Å². The van der Waals surface area contributed by atoms with Crippen molar-refractivity contribution in [2.45, 2.75) is 31.7 Å². The fraction of sp³-hybridized carbons (Fsp3) is 0.435. The summed E-state index contributed by atoms with van der Waals surface area (Å²) in [6.07, 6.45) is 5.99. The summed E-state index contributed by atoms with van der Waals surface area (Å²) < 4.78 is 5.13. The fourth-order valence-corrected chi connectivity index (χ4v) is 3.24. The SMILES string of the molecule is COCC[C@H](Nc1cc(-c2cnc(CC(=O)C3CC3)cn2)ccc1C#N)C(=O)N(C)C. The molecule has 0 spiro atoms. The largest absolute Gasteiger partial charge is 0.385 e. The van der Waals surface area contributed by atoms with Crippen molar-refractivity contribution >= 4 is 17.4 Å². The van der Waals surface area contributed by atoms with Crippen LogP contribution in [-0.2, 0) is 20.7 Å². The molecule has 1 aromatic heterocycles. The number of nitrogens with one attached hydrogen (secondary N) is 1. The van der Waals surface area contributed by atoms with Crippen LogP contribution in [0.25, 0.3) is 11.3 Å². The van der Waals surface area contributed by atoms with E-state index in [0.29, 0.717) is 42.1 Å². The molecule has 0 bridgehead atoms. The van der Waals surface area contributed by atoms with Crippen molar-refractivity contribution in [2.24, 2.45) is 5.92 Å². The maximum Gasteiger partial charge on any atom is 0.244 e. The normalized spacial score (nSPS) is 13.9. The first-order valence-electron chi connectivity index (χ1n) is 10.3. The Bertz CT molecular complexity index is 978. The third-order valence-electron chi connectivity index (χ3n) is 5.21. The third-order valence-corrected chi connectivity index (χ3v) is 5.21. The lowest BCUT2D eigenvalue weighted by atomic mass is 10.1. The Labute approximate surface area is 182 Å². The van der Waals surface area contributed by atoms with Crippen molar-refractivity contribution in [1.82, 2.24) is 14.9 Å². The van der Waals surface area contributed by atoms with Crippen LogP contribution in [0, 0.1) is 17.2 Å². The molecule has 1 atom stereocenters. The minimum atomic E-state index is -0.529. The molecule has 1 N–H and O–H groups in total. The molecule has 0 radical (unpaired) electrons. The van der Waals surface area contributed by atoms with Crippen LogP contribution in [0.15, 0.2) is 30.6 Å². The molecule has 8 heteroatoms. The van der Waals surface area contributed by atoms with E-state index >= 15 is 0 Å². The number of carbonyl (C=O) groups excluding carboxylic acids is 2.